The van der Waals surface area contributed by atoms with Crippen LogP contribution in [0.1, 0.15) is 32.4 Å². The summed E-state index contributed by atoms with van der Waals surface area (Å²) in [6, 6.07) is 0.0423. The zero-order chi connectivity index (χ0) is 14.6. The number of aryl methyl sites for hydroxylation is 1. The molecule has 19 heavy (non-hydrogen) atoms. The molecule has 0 fully saturated rings. The van der Waals surface area contributed by atoms with Gasteiger partial charge in [0, 0.05) is 30.9 Å². The van der Waals surface area contributed by atoms with Gasteiger partial charge in [0.15, 0.2) is 0 Å². The van der Waals surface area contributed by atoms with Crippen molar-refractivity contribution in [3.05, 3.63) is 18.0 Å². The van der Waals surface area contributed by atoms with Gasteiger partial charge in [-0.05, 0) is 27.8 Å². The normalized spacial score (nSPS) is 14.7. The molecule has 2 unspecified atom stereocenters. The Morgan fingerprint density at radius 2 is 2.16 bits per heavy atom. The van der Waals surface area contributed by atoms with Crippen LogP contribution in [0.2, 0.25) is 0 Å². The summed E-state index contributed by atoms with van der Waals surface area (Å²) in [5.41, 5.74) is 7.07. The van der Waals surface area contributed by atoms with Crippen LogP contribution >= 0.6 is 0 Å². The van der Waals surface area contributed by atoms with Gasteiger partial charge in [0.1, 0.15) is 0 Å². The Hall–Kier alpha value is -1.40. The molecule has 108 valence electrons. The monoisotopic (exact) mass is 267 g/mol. The van der Waals surface area contributed by atoms with E-state index in [1.807, 2.05) is 46.0 Å². The van der Waals surface area contributed by atoms with Crippen LogP contribution in [0, 0.1) is 0 Å². The highest BCUT2D eigenvalue weighted by atomic mass is 16.2. The summed E-state index contributed by atoms with van der Waals surface area (Å²) < 4.78 is 1.74. The fourth-order valence-electron chi connectivity index (χ4n) is 2.24. The summed E-state index contributed by atoms with van der Waals surface area (Å²) in [5.74, 6) is 0.00652. The zero-order valence-corrected chi connectivity index (χ0v) is 12.4. The highest BCUT2D eigenvalue weighted by Crippen LogP contribution is 2.21. The molecule has 0 aliphatic carbocycles. The molecule has 3 N–H and O–H groups in total. The number of amides is 1. The van der Waals surface area contributed by atoms with Gasteiger partial charge in [0.25, 0.3) is 0 Å². The fraction of sp³-hybridized carbons (Fsp3) is 0.692. The number of rotatable bonds is 6. The minimum Gasteiger partial charge on any atom is -0.353 e. The number of hydrogen-bond acceptors (Lipinski definition) is 4. The van der Waals surface area contributed by atoms with Crippen LogP contribution in [0.25, 0.3) is 0 Å². The molecular formula is C13H25N5O. The lowest BCUT2D eigenvalue weighted by atomic mass is 10.0. The van der Waals surface area contributed by atoms with Gasteiger partial charge in [0.2, 0.25) is 5.91 Å². The molecule has 6 nitrogen and oxygen atoms in total. The van der Waals surface area contributed by atoms with E-state index >= 15 is 0 Å². The Balaban J connectivity index is 2.74. The SMILES string of the molecule is CC(C)NC(=O)CN(C)C(c1cnn(C)c1)C(C)N. The average Bonchev–Trinajstić information content (AvgIpc) is 2.62. The van der Waals surface area contributed by atoms with Crippen molar-refractivity contribution in [1.82, 2.24) is 20.0 Å². The molecule has 1 aromatic heterocycles. The first-order valence-corrected chi connectivity index (χ1v) is 6.55. The van der Waals surface area contributed by atoms with E-state index in [0.717, 1.165) is 5.56 Å². The largest absolute Gasteiger partial charge is 0.353 e. The van der Waals surface area contributed by atoms with E-state index in [4.69, 9.17) is 5.73 Å². The number of carbonyl (C=O) groups is 1. The number of nitrogens with one attached hydrogen (secondary N) is 1. The van der Waals surface area contributed by atoms with Crippen molar-refractivity contribution in [1.29, 1.82) is 0 Å². The maximum Gasteiger partial charge on any atom is 0.234 e. The lowest BCUT2D eigenvalue weighted by Gasteiger charge is -2.30. The molecule has 1 aromatic rings. The predicted molar refractivity (Wildman–Crippen MR) is 75.5 cm³/mol. The third-order valence-electron chi connectivity index (χ3n) is 2.88. The molecule has 0 saturated heterocycles. The Kier molecular flexibility index (Phi) is 5.50. The standard InChI is InChI=1S/C13H25N5O/c1-9(2)16-12(19)8-17(4)13(10(3)14)11-6-15-18(5)7-11/h6-7,9-10,13H,8,14H2,1-5H3,(H,16,19). The Morgan fingerprint density at radius 3 is 2.58 bits per heavy atom. The molecule has 0 saturated carbocycles. The van der Waals surface area contributed by atoms with Crippen molar-refractivity contribution < 1.29 is 4.79 Å². The first-order chi connectivity index (χ1) is 8.81. The first kappa shape index (κ1) is 15.7. The third-order valence-corrected chi connectivity index (χ3v) is 2.88. The van der Waals surface area contributed by atoms with Crippen molar-refractivity contribution in [3.8, 4) is 0 Å². The Bertz CT molecular complexity index is 413. The van der Waals surface area contributed by atoms with Crippen LogP contribution in [-0.2, 0) is 11.8 Å². The molecule has 6 heteroatoms. The highest BCUT2D eigenvalue weighted by Gasteiger charge is 2.24. The average molecular weight is 267 g/mol. The lowest BCUT2D eigenvalue weighted by molar-refractivity contribution is -0.123. The number of hydrogen-bond donors (Lipinski definition) is 2. The van der Waals surface area contributed by atoms with Gasteiger partial charge >= 0.3 is 0 Å². The molecule has 1 heterocycles. The maximum absolute atomic E-state index is 11.8. The number of aromatic nitrogens is 2. The number of nitrogens with two attached hydrogens (primary N) is 1. The van der Waals surface area contributed by atoms with Crippen molar-refractivity contribution >= 4 is 5.91 Å². The van der Waals surface area contributed by atoms with Gasteiger partial charge in [0.05, 0.1) is 18.8 Å². The molecule has 0 spiro atoms. The van der Waals surface area contributed by atoms with Gasteiger partial charge in [-0.15, -0.1) is 0 Å². The third kappa shape index (κ3) is 4.65. The minimum absolute atomic E-state index is 0.00652. The Morgan fingerprint density at radius 1 is 1.53 bits per heavy atom. The quantitative estimate of drug-likeness (QED) is 0.775. The van der Waals surface area contributed by atoms with Crippen molar-refractivity contribution in [3.63, 3.8) is 0 Å². The van der Waals surface area contributed by atoms with Crippen LogP contribution in [0.4, 0.5) is 0 Å². The Labute approximate surface area is 114 Å². The highest BCUT2D eigenvalue weighted by molar-refractivity contribution is 5.78. The van der Waals surface area contributed by atoms with Crippen LogP contribution in [0.15, 0.2) is 12.4 Å². The molecule has 2 atom stereocenters. The molecule has 0 aromatic carbocycles. The number of carbonyl (C=O) groups excluding carboxylic acids is 1. The summed E-state index contributed by atoms with van der Waals surface area (Å²) in [7, 11) is 3.77. The van der Waals surface area contributed by atoms with Crippen molar-refractivity contribution in [2.45, 2.75) is 38.9 Å². The van der Waals surface area contributed by atoms with E-state index in [1.54, 1.807) is 10.9 Å². The second-order valence-electron chi connectivity index (χ2n) is 5.39. The van der Waals surface area contributed by atoms with Crippen LogP contribution in [0.3, 0.4) is 0 Å². The molecule has 1 amide bonds. The van der Waals surface area contributed by atoms with Gasteiger partial charge in [-0.25, -0.2) is 0 Å². The predicted octanol–water partition coefficient (Wildman–Crippen LogP) is 0.265. The lowest BCUT2D eigenvalue weighted by Crippen LogP contribution is -2.44. The summed E-state index contributed by atoms with van der Waals surface area (Å²) in [6.07, 6.45) is 3.73. The number of nitrogens with zero attached hydrogens (tertiary/aromatic N) is 3. The molecular weight excluding hydrogens is 242 g/mol. The van der Waals surface area contributed by atoms with E-state index in [0.29, 0.717) is 6.54 Å². The van der Waals surface area contributed by atoms with Crippen LogP contribution in [-0.4, -0.2) is 46.3 Å². The molecule has 0 aliphatic rings. The molecule has 0 radical (unpaired) electrons. The van der Waals surface area contributed by atoms with Crippen LogP contribution in [0.5, 0.6) is 0 Å². The van der Waals surface area contributed by atoms with Gasteiger partial charge < -0.3 is 11.1 Å². The van der Waals surface area contributed by atoms with Gasteiger partial charge in [-0.3, -0.25) is 14.4 Å². The second kappa shape index (κ2) is 6.68. The van der Waals surface area contributed by atoms with Crippen molar-refractivity contribution in [2.24, 2.45) is 12.8 Å². The topological polar surface area (TPSA) is 76.2 Å². The van der Waals surface area contributed by atoms with Gasteiger partial charge in [-0.2, -0.15) is 5.10 Å². The fourth-order valence-corrected chi connectivity index (χ4v) is 2.24. The number of likely N-dealkylation sites (N-methyl/N-ethyl adjacent to an activating group) is 1. The first-order valence-electron chi connectivity index (χ1n) is 6.55. The second-order valence-corrected chi connectivity index (χ2v) is 5.39. The van der Waals surface area contributed by atoms with E-state index in [9.17, 15) is 4.79 Å². The molecule has 0 aliphatic heterocycles. The summed E-state index contributed by atoms with van der Waals surface area (Å²) in [4.78, 5) is 13.8. The van der Waals surface area contributed by atoms with Gasteiger partial charge in [-0.1, -0.05) is 0 Å². The van der Waals surface area contributed by atoms with E-state index in [2.05, 4.69) is 10.4 Å². The van der Waals surface area contributed by atoms with Crippen molar-refractivity contribution in [2.75, 3.05) is 13.6 Å². The zero-order valence-electron chi connectivity index (χ0n) is 12.4. The molecule has 0 bridgehead atoms. The molecule has 1 rings (SSSR count). The summed E-state index contributed by atoms with van der Waals surface area (Å²) in [6.45, 7) is 6.15. The van der Waals surface area contributed by atoms with E-state index in [-0.39, 0.29) is 24.0 Å². The van der Waals surface area contributed by atoms with E-state index < -0.39 is 0 Å². The smallest absolute Gasteiger partial charge is 0.234 e. The van der Waals surface area contributed by atoms with Crippen LogP contribution < -0.4 is 11.1 Å². The minimum atomic E-state index is -0.0824. The summed E-state index contributed by atoms with van der Waals surface area (Å²) >= 11 is 0. The maximum atomic E-state index is 11.8. The summed E-state index contributed by atoms with van der Waals surface area (Å²) in [5, 5.41) is 7.05. The van der Waals surface area contributed by atoms with E-state index in [1.165, 1.54) is 0 Å².